The average molecular weight is 486 g/mol. The molecule has 2 aromatic carbocycles. The highest BCUT2D eigenvalue weighted by Gasteiger charge is 2.38. The van der Waals surface area contributed by atoms with E-state index in [0.717, 1.165) is 48.2 Å². The number of alkyl halides is 3. The number of hydrogen-bond donors (Lipinski definition) is 0. The summed E-state index contributed by atoms with van der Waals surface area (Å²) >= 11 is 0. The molecule has 1 atom stereocenters. The number of fused-ring (bicyclic) bond motifs is 1. The number of benzene rings is 2. The second-order valence-corrected chi connectivity index (χ2v) is 9.75. The number of halogens is 3. The highest BCUT2D eigenvalue weighted by molar-refractivity contribution is 6.00. The van der Waals surface area contributed by atoms with Gasteiger partial charge in [-0.1, -0.05) is 31.9 Å². The van der Waals surface area contributed by atoms with Gasteiger partial charge in [-0.3, -0.25) is 9.59 Å². The van der Waals surface area contributed by atoms with Gasteiger partial charge < -0.3 is 14.7 Å². The van der Waals surface area contributed by atoms with E-state index >= 15 is 0 Å². The molecule has 2 heterocycles. The fourth-order valence-electron chi connectivity index (χ4n) is 5.36. The molecule has 0 radical (unpaired) electrons. The van der Waals surface area contributed by atoms with Crippen molar-refractivity contribution in [1.29, 1.82) is 0 Å². The van der Waals surface area contributed by atoms with Crippen molar-refractivity contribution in [2.75, 3.05) is 37.6 Å². The molecule has 3 aliphatic rings. The van der Waals surface area contributed by atoms with Crippen molar-refractivity contribution in [1.82, 2.24) is 9.80 Å². The highest BCUT2D eigenvalue weighted by Crippen LogP contribution is 2.40. The fourth-order valence-corrected chi connectivity index (χ4v) is 5.36. The molecule has 5 rings (SSSR count). The number of piperazine rings is 1. The monoisotopic (exact) mass is 485 g/mol. The zero-order valence-corrected chi connectivity index (χ0v) is 19.9. The molecule has 5 nitrogen and oxygen atoms in total. The third-order valence-corrected chi connectivity index (χ3v) is 7.52. The number of anilines is 1. The first-order valence-electron chi connectivity index (χ1n) is 12.4. The van der Waals surface area contributed by atoms with E-state index in [2.05, 4.69) is 17.9 Å². The Morgan fingerprint density at radius 3 is 2.40 bits per heavy atom. The van der Waals surface area contributed by atoms with E-state index in [4.69, 9.17) is 0 Å². The van der Waals surface area contributed by atoms with Crippen molar-refractivity contribution in [3.8, 4) is 0 Å². The van der Waals surface area contributed by atoms with Gasteiger partial charge in [0, 0.05) is 44.0 Å². The lowest BCUT2D eigenvalue weighted by molar-refractivity contribution is -0.138. The van der Waals surface area contributed by atoms with Gasteiger partial charge in [-0.2, -0.15) is 13.2 Å². The minimum atomic E-state index is -4.57. The maximum atomic E-state index is 13.4. The van der Waals surface area contributed by atoms with E-state index in [-0.39, 0.29) is 17.5 Å². The third-order valence-electron chi connectivity index (χ3n) is 7.52. The summed E-state index contributed by atoms with van der Waals surface area (Å²) in [7, 11) is 0. The molecule has 0 spiro atoms. The van der Waals surface area contributed by atoms with Crippen LogP contribution in [0.4, 0.5) is 18.9 Å². The van der Waals surface area contributed by atoms with Crippen molar-refractivity contribution < 1.29 is 22.8 Å². The van der Waals surface area contributed by atoms with Crippen molar-refractivity contribution >= 4 is 17.5 Å². The van der Waals surface area contributed by atoms with Gasteiger partial charge in [0.05, 0.1) is 17.2 Å². The van der Waals surface area contributed by atoms with Gasteiger partial charge in [0.15, 0.2) is 0 Å². The molecule has 186 valence electrons. The Kier molecular flexibility index (Phi) is 6.23. The van der Waals surface area contributed by atoms with Gasteiger partial charge in [0.25, 0.3) is 11.8 Å². The zero-order valence-electron chi connectivity index (χ0n) is 19.9. The van der Waals surface area contributed by atoms with Gasteiger partial charge in [0.1, 0.15) is 0 Å². The summed E-state index contributed by atoms with van der Waals surface area (Å²) < 4.78 is 40.1. The lowest BCUT2D eigenvalue weighted by Gasteiger charge is -2.36. The van der Waals surface area contributed by atoms with E-state index in [0.29, 0.717) is 26.2 Å². The summed E-state index contributed by atoms with van der Waals surface area (Å²) in [5.74, 6) is 0.286. The Morgan fingerprint density at radius 2 is 1.74 bits per heavy atom. The number of hydrogen-bond acceptors (Lipinski definition) is 3. The Labute approximate surface area is 203 Å². The lowest BCUT2D eigenvalue weighted by Crippen LogP contribution is -2.49. The Hall–Kier alpha value is -3.03. The average Bonchev–Trinajstić information content (AvgIpc) is 3.65. The molecule has 35 heavy (non-hydrogen) atoms. The fraction of sp³-hybridized carbons (Fsp3) is 0.481. The SMILES string of the molecule is CCC1c2cc(N3CCN(C(=O)c4ccccc4C(F)(F)F)CC3)ccc2C(=O)N1CCC1CC1. The van der Waals surface area contributed by atoms with Crippen LogP contribution < -0.4 is 4.90 Å². The van der Waals surface area contributed by atoms with Crippen LogP contribution >= 0.6 is 0 Å². The zero-order chi connectivity index (χ0) is 24.7. The Bertz CT molecular complexity index is 1120. The van der Waals surface area contributed by atoms with Crippen molar-refractivity contribution in [2.24, 2.45) is 5.92 Å². The second-order valence-electron chi connectivity index (χ2n) is 9.75. The maximum Gasteiger partial charge on any atom is 0.417 e. The van der Waals surface area contributed by atoms with Crippen molar-refractivity contribution in [3.63, 3.8) is 0 Å². The minimum absolute atomic E-state index is 0.0814. The summed E-state index contributed by atoms with van der Waals surface area (Å²) in [6.45, 7) is 4.63. The molecule has 1 saturated heterocycles. The molecule has 2 aromatic rings. The molecule has 0 bridgehead atoms. The molecule has 2 amide bonds. The van der Waals surface area contributed by atoms with Crippen LogP contribution in [0.3, 0.4) is 0 Å². The molecule has 1 unspecified atom stereocenters. The molecular formula is C27H30F3N3O2. The first kappa shape index (κ1) is 23.7. The van der Waals surface area contributed by atoms with Crippen LogP contribution in [0.2, 0.25) is 0 Å². The number of nitrogens with zero attached hydrogens (tertiary/aromatic N) is 3. The second kappa shape index (κ2) is 9.21. The molecule has 2 fully saturated rings. The molecular weight excluding hydrogens is 455 g/mol. The van der Waals surface area contributed by atoms with Crippen LogP contribution in [-0.2, 0) is 6.18 Å². The largest absolute Gasteiger partial charge is 0.417 e. The van der Waals surface area contributed by atoms with Gasteiger partial charge in [0.2, 0.25) is 0 Å². The number of rotatable bonds is 6. The third kappa shape index (κ3) is 4.62. The van der Waals surface area contributed by atoms with Crippen LogP contribution in [-0.4, -0.2) is 54.3 Å². The number of amides is 2. The first-order valence-corrected chi connectivity index (χ1v) is 12.4. The van der Waals surface area contributed by atoms with E-state index in [9.17, 15) is 22.8 Å². The van der Waals surface area contributed by atoms with Crippen LogP contribution in [0.15, 0.2) is 42.5 Å². The van der Waals surface area contributed by atoms with Crippen LogP contribution in [0.5, 0.6) is 0 Å². The summed E-state index contributed by atoms with van der Waals surface area (Å²) in [6, 6.07) is 11.0. The van der Waals surface area contributed by atoms with Gasteiger partial charge in [-0.25, -0.2) is 0 Å². The minimum Gasteiger partial charge on any atom is -0.368 e. The summed E-state index contributed by atoms with van der Waals surface area (Å²) in [6.07, 6.45) is -0.110. The highest BCUT2D eigenvalue weighted by atomic mass is 19.4. The van der Waals surface area contributed by atoms with Gasteiger partial charge in [-0.05, 0) is 54.7 Å². The molecule has 1 saturated carbocycles. The van der Waals surface area contributed by atoms with E-state index < -0.39 is 17.6 Å². The quantitative estimate of drug-likeness (QED) is 0.552. The normalized spacial score (nSPS) is 20.4. The standard InChI is InChI=1S/C27H30F3N3O2/c1-2-24-22-17-19(9-10-20(22)26(35)33(24)12-11-18-7-8-18)31-13-15-32(16-14-31)25(34)21-5-3-4-6-23(21)27(28,29)30/h3-6,9-10,17-18,24H,2,7-8,11-16H2,1H3. The van der Waals surface area contributed by atoms with E-state index in [1.54, 1.807) is 0 Å². The Morgan fingerprint density at radius 1 is 1.03 bits per heavy atom. The summed E-state index contributed by atoms with van der Waals surface area (Å²) in [5.41, 5.74) is 1.62. The number of carbonyl (C=O) groups is 2. The predicted octanol–water partition coefficient (Wildman–Crippen LogP) is 5.37. The summed E-state index contributed by atoms with van der Waals surface area (Å²) in [4.78, 5) is 31.6. The van der Waals surface area contributed by atoms with Crippen LogP contribution in [0, 0.1) is 5.92 Å². The van der Waals surface area contributed by atoms with Crippen LogP contribution in [0.1, 0.15) is 70.5 Å². The van der Waals surface area contributed by atoms with Gasteiger partial charge >= 0.3 is 6.18 Å². The molecule has 2 aliphatic heterocycles. The topological polar surface area (TPSA) is 43.9 Å². The number of carbonyl (C=O) groups excluding carboxylic acids is 2. The van der Waals surface area contributed by atoms with E-state index in [1.165, 1.54) is 35.9 Å². The summed E-state index contributed by atoms with van der Waals surface area (Å²) in [5, 5.41) is 0. The van der Waals surface area contributed by atoms with Crippen LogP contribution in [0.25, 0.3) is 0 Å². The van der Waals surface area contributed by atoms with E-state index in [1.807, 2.05) is 17.0 Å². The first-order chi connectivity index (χ1) is 16.8. The Balaban J connectivity index is 1.27. The van der Waals surface area contributed by atoms with Crippen molar-refractivity contribution in [2.45, 2.75) is 44.8 Å². The predicted molar refractivity (Wildman–Crippen MR) is 127 cm³/mol. The smallest absolute Gasteiger partial charge is 0.368 e. The molecule has 1 aliphatic carbocycles. The van der Waals surface area contributed by atoms with Gasteiger partial charge in [-0.15, -0.1) is 0 Å². The molecule has 8 heteroatoms. The lowest BCUT2D eigenvalue weighted by atomic mass is 10.0. The molecule has 0 N–H and O–H groups in total. The molecule has 0 aromatic heterocycles. The maximum absolute atomic E-state index is 13.4. The van der Waals surface area contributed by atoms with Crippen molar-refractivity contribution in [3.05, 3.63) is 64.7 Å².